The molecule has 70 valence electrons. The van der Waals surface area contributed by atoms with Gasteiger partial charge >= 0.3 is 0 Å². The summed E-state index contributed by atoms with van der Waals surface area (Å²) < 4.78 is 5.02. The first-order valence-corrected chi connectivity index (χ1v) is 5.98. The van der Waals surface area contributed by atoms with Gasteiger partial charge in [0.25, 0.3) is 0 Å². The van der Waals surface area contributed by atoms with E-state index in [1.807, 2.05) is 0 Å². The third-order valence-corrected chi connectivity index (χ3v) is 2.70. The van der Waals surface area contributed by atoms with E-state index in [1.54, 1.807) is 18.4 Å². The third-order valence-electron chi connectivity index (χ3n) is 1.39. The lowest BCUT2D eigenvalue weighted by molar-refractivity contribution is 0.187. The Balaban J connectivity index is 2.54. The van der Waals surface area contributed by atoms with Crippen LogP contribution in [-0.2, 0) is 11.3 Å². The normalized spacial score (nSPS) is 9.38. The number of methoxy groups -OCH3 is 1. The zero-order chi connectivity index (χ0) is 9.52. The van der Waals surface area contributed by atoms with Crippen LogP contribution in [0.25, 0.3) is 0 Å². The van der Waals surface area contributed by atoms with Crippen LogP contribution < -0.4 is 0 Å². The van der Waals surface area contributed by atoms with Crippen LogP contribution in [0.1, 0.15) is 16.9 Å². The zero-order valence-electron chi connectivity index (χ0n) is 7.47. The van der Waals surface area contributed by atoms with Crippen LogP contribution in [0.3, 0.4) is 0 Å². The van der Waals surface area contributed by atoms with E-state index in [4.69, 9.17) is 4.74 Å². The van der Waals surface area contributed by atoms with Crippen LogP contribution in [0.4, 0.5) is 0 Å². The van der Waals surface area contributed by atoms with Crippen molar-refractivity contribution in [3.8, 4) is 11.8 Å². The molecule has 0 amide bonds. The summed E-state index contributed by atoms with van der Waals surface area (Å²) in [4.78, 5) is 1.23. The summed E-state index contributed by atoms with van der Waals surface area (Å²) in [7, 11) is 1.70. The van der Waals surface area contributed by atoms with Crippen molar-refractivity contribution in [2.45, 2.75) is 13.0 Å². The lowest BCUT2D eigenvalue weighted by atomic mass is 10.3. The molecular formula is C10H11BrOS. The van der Waals surface area contributed by atoms with Gasteiger partial charge in [-0.05, 0) is 6.07 Å². The van der Waals surface area contributed by atoms with Crippen LogP contribution in [-0.4, -0.2) is 12.4 Å². The van der Waals surface area contributed by atoms with Gasteiger partial charge in [-0.3, -0.25) is 0 Å². The average Bonchev–Trinajstić information content (AvgIpc) is 2.54. The van der Waals surface area contributed by atoms with Gasteiger partial charge in [0.1, 0.15) is 0 Å². The highest BCUT2D eigenvalue weighted by Gasteiger charge is 1.95. The summed E-state index contributed by atoms with van der Waals surface area (Å²) in [5.74, 6) is 6.17. The van der Waals surface area contributed by atoms with E-state index in [1.165, 1.54) is 4.88 Å². The molecule has 1 rings (SSSR count). The molecule has 0 unspecified atom stereocenters. The van der Waals surface area contributed by atoms with Crippen LogP contribution in [0, 0.1) is 11.8 Å². The Morgan fingerprint density at radius 1 is 1.62 bits per heavy atom. The van der Waals surface area contributed by atoms with E-state index in [0.717, 1.165) is 17.3 Å². The third kappa shape index (κ3) is 3.95. The molecular weight excluding hydrogens is 248 g/mol. The molecule has 0 aromatic carbocycles. The Labute approximate surface area is 91.2 Å². The minimum Gasteiger partial charge on any atom is -0.379 e. The molecule has 0 atom stereocenters. The van der Waals surface area contributed by atoms with Crippen molar-refractivity contribution in [1.29, 1.82) is 0 Å². The Kier molecular flexibility index (Phi) is 5.14. The summed E-state index contributed by atoms with van der Waals surface area (Å²) in [6, 6.07) is 2.08. The summed E-state index contributed by atoms with van der Waals surface area (Å²) in [6.45, 7) is 0.685. The van der Waals surface area contributed by atoms with Gasteiger partial charge in [0.05, 0.1) is 6.61 Å². The number of ether oxygens (including phenoxy) is 1. The molecule has 1 aromatic heterocycles. The number of rotatable bonds is 3. The van der Waals surface area contributed by atoms with Gasteiger partial charge in [-0.2, -0.15) is 0 Å². The van der Waals surface area contributed by atoms with Crippen LogP contribution in [0.15, 0.2) is 11.4 Å². The summed E-state index contributed by atoms with van der Waals surface area (Å²) in [5, 5.41) is 3.00. The maximum Gasteiger partial charge on any atom is 0.0806 e. The van der Waals surface area contributed by atoms with Crippen LogP contribution >= 0.6 is 27.3 Å². The van der Waals surface area contributed by atoms with Crippen molar-refractivity contribution in [3.05, 3.63) is 21.9 Å². The number of alkyl halides is 1. The lowest BCUT2D eigenvalue weighted by Crippen LogP contribution is -1.80. The molecule has 0 aliphatic heterocycles. The minimum absolute atomic E-state index is 0.685. The maximum atomic E-state index is 5.02. The van der Waals surface area contributed by atoms with Crippen LogP contribution in [0.5, 0.6) is 0 Å². The van der Waals surface area contributed by atoms with E-state index in [0.29, 0.717) is 6.61 Å². The van der Waals surface area contributed by atoms with E-state index < -0.39 is 0 Å². The minimum atomic E-state index is 0.685. The van der Waals surface area contributed by atoms with Crippen LogP contribution in [0.2, 0.25) is 0 Å². The molecule has 1 aromatic rings. The molecule has 1 heterocycles. The fraction of sp³-hybridized carbons (Fsp3) is 0.400. The van der Waals surface area contributed by atoms with E-state index in [2.05, 4.69) is 39.2 Å². The summed E-state index contributed by atoms with van der Waals surface area (Å²) >= 11 is 5.03. The van der Waals surface area contributed by atoms with E-state index in [-0.39, 0.29) is 0 Å². The van der Waals surface area contributed by atoms with Crippen molar-refractivity contribution < 1.29 is 4.74 Å². The Bertz CT molecular complexity index is 308. The van der Waals surface area contributed by atoms with Gasteiger partial charge < -0.3 is 4.74 Å². The highest BCUT2D eigenvalue weighted by Crippen LogP contribution is 2.14. The first-order valence-electron chi connectivity index (χ1n) is 3.98. The Hall–Kier alpha value is -0.300. The van der Waals surface area contributed by atoms with Crippen molar-refractivity contribution in [2.24, 2.45) is 0 Å². The monoisotopic (exact) mass is 258 g/mol. The lowest BCUT2D eigenvalue weighted by Gasteiger charge is -1.89. The van der Waals surface area contributed by atoms with Gasteiger partial charge in [0, 0.05) is 34.7 Å². The van der Waals surface area contributed by atoms with E-state index >= 15 is 0 Å². The van der Waals surface area contributed by atoms with Gasteiger partial charge in [-0.1, -0.05) is 27.8 Å². The summed E-state index contributed by atoms with van der Waals surface area (Å²) in [6.07, 6.45) is 0.898. The van der Waals surface area contributed by atoms with Gasteiger partial charge in [-0.25, -0.2) is 0 Å². The Morgan fingerprint density at radius 3 is 3.15 bits per heavy atom. The highest BCUT2D eigenvalue weighted by molar-refractivity contribution is 9.09. The van der Waals surface area contributed by atoms with E-state index in [9.17, 15) is 0 Å². The highest BCUT2D eigenvalue weighted by atomic mass is 79.9. The fourth-order valence-electron chi connectivity index (χ4n) is 0.876. The molecule has 0 aliphatic rings. The molecule has 1 nitrogen and oxygen atoms in total. The topological polar surface area (TPSA) is 9.23 Å². The predicted molar refractivity (Wildman–Crippen MR) is 60.3 cm³/mol. The van der Waals surface area contributed by atoms with Gasteiger partial charge in [0.15, 0.2) is 0 Å². The standard InChI is InChI=1S/C10H11BrOS/c1-12-7-10-6-9(8-13-10)4-2-3-5-11/h6,8H,3,5,7H2,1H3. The fourth-order valence-corrected chi connectivity index (χ4v) is 1.86. The molecule has 3 heteroatoms. The second-order valence-corrected chi connectivity index (χ2v) is 4.26. The number of hydrogen-bond acceptors (Lipinski definition) is 2. The average molecular weight is 259 g/mol. The number of hydrogen-bond donors (Lipinski definition) is 0. The molecule has 13 heavy (non-hydrogen) atoms. The van der Waals surface area contributed by atoms with Crippen molar-refractivity contribution in [1.82, 2.24) is 0 Å². The molecule has 0 fully saturated rings. The quantitative estimate of drug-likeness (QED) is 0.599. The first kappa shape index (κ1) is 10.8. The number of halogens is 1. The Morgan fingerprint density at radius 2 is 2.46 bits per heavy atom. The molecule has 0 bridgehead atoms. The molecule has 0 aliphatic carbocycles. The largest absolute Gasteiger partial charge is 0.379 e. The predicted octanol–water partition coefficient (Wildman–Crippen LogP) is 3.03. The van der Waals surface area contributed by atoms with Crippen molar-refractivity contribution in [2.75, 3.05) is 12.4 Å². The second kappa shape index (κ2) is 6.20. The smallest absolute Gasteiger partial charge is 0.0806 e. The van der Waals surface area contributed by atoms with Crippen molar-refractivity contribution >= 4 is 27.3 Å². The zero-order valence-corrected chi connectivity index (χ0v) is 9.87. The molecule has 0 radical (unpaired) electrons. The SMILES string of the molecule is COCc1cc(C#CCCBr)cs1. The van der Waals surface area contributed by atoms with Gasteiger partial charge in [-0.15, -0.1) is 11.3 Å². The molecule has 0 spiro atoms. The maximum absolute atomic E-state index is 5.02. The van der Waals surface area contributed by atoms with Crippen molar-refractivity contribution in [3.63, 3.8) is 0 Å². The molecule has 0 saturated heterocycles. The molecule has 0 N–H and O–H groups in total. The summed E-state index contributed by atoms with van der Waals surface area (Å²) in [5.41, 5.74) is 1.10. The number of thiophene rings is 1. The van der Waals surface area contributed by atoms with Gasteiger partial charge in [0.2, 0.25) is 0 Å². The molecule has 0 saturated carbocycles. The second-order valence-electron chi connectivity index (χ2n) is 2.48. The first-order chi connectivity index (χ1) is 6.36.